The van der Waals surface area contributed by atoms with E-state index in [-0.39, 0.29) is 5.91 Å². The van der Waals surface area contributed by atoms with Crippen molar-refractivity contribution in [1.29, 1.82) is 0 Å². The zero-order valence-corrected chi connectivity index (χ0v) is 12.7. The van der Waals surface area contributed by atoms with Crippen LogP contribution in [0.1, 0.15) is 16.2 Å². The maximum Gasteiger partial charge on any atom is 0.254 e. The minimum atomic E-state index is 0.0667. The summed E-state index contributed by atoms with van der Waals surface area (Å²) in [5.41, 5.74) is 2.91. The molecule has 0 unspecified atom stereocenters. The third-order valence-electron chi connectivity index (χ3n) is 4.25. The van der Waals surface area contributed by atoms with Gasteiger partial charge in [-0.05, 0) is 23.3 Å². The van der Waals surface area contributed by atoms with Crippen LogP contribution in [0.5, 0.6) is 0 Å². The molecule has 0 N–H and O–H groups in total. The van der Waals surface area contributed by atoms with Crippen LogP contribution in [-0.2, 0) is 13.1 Å². The predicted molar refractivity (Wildman–Crippen MR) is 88.8 cm³/mol. The number of rotatable bonds is 2. The monoisotopic (exact) mass is 303 g/mol. The lowest BCUT2D eigenvalue weighted by Crippen LogP contribution is -2.38. The van der Waals surface area contributed by atoms with Crippen LogP contribution in [0.4, 0.5) is 0 Å². The Morgan fingerprint density at radius 1 is 0.957 bits per heavy atom. The van der Waals surface area contributed by atoms with Crippen LogP contribution >= 0.6 is 0 Å². The molecule has 1 aliphatic rings. The zero-order chi connectivity index (χ0) is 15.6. The van der Waals surface area contributed by atoms with Gasteiger partial charge >= 0.3 is 0 Å². The second kappa shape index (κ2) is 5.72. The predicted octanol–water partition coefficient (Wildman–Crippen LogP) is 3.21. The first kappa shape index (κ1) is 13.8. The van der Waals surface area contributed by atoms with E-state index in [9.17, 15) is 4.79 Å². The highest BCUT2D eigenvalue weighted by Crippen LogP contribution is 2.21. The molecule has 114 valence electrons. The lowest BCUT2D eigenvalue weighted by molar-refractivity contribution is 0.0707. The van der Waals surface area contributed by atoms with E-state index in [2.05, 4.69) is 21.7 Å². The third-order valence-corrected chi connectivity index (χ3v) is 4.25. The molecule has 3 aromatic rings. The topological polar surface area (TPSA) is 38.1 Å². The van der Waals surface area contributed by atoms with Crippen molar-refractivity contribution in [2.24, 2.45) is 0 Å². The van der Waals surface area contributed by atoms with Crippen LogP contribution in [0.3, 0.4) is 0 Å². The first-order valence-electron chi connectivity index (χ1n) is 7.76. The number of hydrogen-bond donors (Lipinski definition) is 0. The Bertz CT molecular complexity index is 839. The van der Waals surface area contributed by atoms with E-state index >= 15 is 0 Å². The van der Waals surface area contributed by atoms with Crippen LogP contribution in [0.2, 0.25) is 0 Å². The molecule has 0 atom stereocenters. The van der Waals surface area contributed by atoms with E-state index in [0.29, 0.717) is 6.54 Å². The van der Waals surface area contributed by atoms with Crippen molar-refractivity contribution in [2.75, 3.05) is 6.54 Å². The fourth-order valence-electron chi connectivity index (χ4n) is 2.99. The molecule has 1 aromatic heterocycles. The van der Waals surface area contributed by atoms with Gasteiger partial charge in [-0.1, -0.05) is 42.5 Å². The molecule has 0 radical (unpaired) electrons. The third kappa shape index (κ3) is 2.63. The summed E-state index contributed by atoms with van der Waals surface area (Å²) in [4.78, 5) is 19.0. The summed E-state index contributed by atoms with van der Waals surface area (Å²) in [6.07, 6.45) is 3.76. The maximum atomic E-state index is 12.8. The van der Waals surface area contributed by atoms with Crippen molar-refractivity contribution in [3.05, 3.63) is 78.4 Å². The maximum absolute atomic E-state index is 12.8. The molecule has 0 saturated heterocycles. The lowest BCUT2D eigenvalue weighted by Gasteiger charge is -2.27. The van der Waals surface area contributed by atoms with E-state index in [1.807, 2.05) is 53.6 Å². The van der Waals surface area contributed by atoms with Gasteiger partial charge in [0.05, 0.1) is 6.54 Å². The Morgan fingerprint density at radius 2 is 1.78 bits per heavy atom. The van der Waals surface area contributed by atoms with Crippen molar-refractivity contribution >= 4 is 5.91 Å². The van der Waals surface area contributed by atoms with Crippen molar-refractivity contribution in [3.8, 4) is 11.1 Å². The molecule has 4 heteroatoms. The second-order valence-electron chi connectivity index (χ2n) is 5.71. The molecular formula is C19H17N3O. The number of aromatic nitrogens is 2. The van der Waals surface area contributed by atoms with Gasteiger partial charge in [-0.25, -0.2) is 4.98 Å². The van der Waals surface area contributed by atoms with Gasteiger partial charge in [-0.15, -0.1) is 0 Å². The van der Waals surface area contributed by atoms with E-state index < -0.39 is 0 Å². The molecule has 1 aliphatic heterocycles. The summed E-state index contributed by atoms with van der Waals surface area (Å²) in [5, 5.41) is 0. The molecule has 0 aliphatic carbocycles. The fourth-order valence-corrected chi connectivity index (χ4v) is 2.99. The van der Waals surface area contributed by atoms with Gasteiger partial charge in [0.2, 0.25) is 0 Å². The molecule has 0 spiro atoms. The second-order valence-corrected chi connectivity index (χ2v) is 5.71. The molecule has 2 aromatic carbocycles. The smallest absolute Gasteiger partial charge is 0.254 e. The average Bonchev–Trinajstić information content (AvgIpc) is 3.09. The number of hydrogen-bond acceptors (Lipinski definition) is 2. The molecule has 0 bridgehead atoms. The first-order chi connectivity index (χ1) is 11.3. The summed E-state index contributed by atoms with van der Waals surface area (Å²) >= 11 is 0. The Morgan fingerprint density at radius 3 is 2.65 bits per heavy atom. The van der Waals surface area contributed by atoms with E-state index in [0.717, 1.165) is 35.6 Å². The molecule has 23 heavy (non-hydrogen) atoms. The van der Waals surface area contributed by atoms with Gasteiger partial charge in [-0.2, -0.15) is 0 Å². The summed E-state index contributed by atoms with van der Waals surface area (Å²) < 4.78 is 2.10. The quantitative estimate of drug-likeness (QED) is 0.729. The van der Waals surface area contributed by atoms with Crippen molar-refractivity contribution in [3.63, 3.8) is 0 Å². The average molecular weight is 303 g/mol. The Balaban J connectivity index is 1.60. The standard InChI is InChI=1S/C19H17N3O/c23-19(22-12-11-21-10-9-20-18(21)14-22)17-8-4-7-16(13-17)15-5-2-1-3-6-15/h1-10,13H,11-12,14H2. The van der Waals surface area contributed by atoms with E-state index in [1.165, 1.54) is 0 Å². The van der Waals surface area contributed by atoms with Crippen molar-refractivity contribution < 1.29 is 4.79 Å². The largest absolute Gasteiger partial charge is 0.332 e. The van der Waals surface area contributed by atoms with E-state index in [4.69, 9.17) is 0 Å². The summed E-state index contributed by atoms with van der Waals surface area (Å²) in [7, 11) is 0. The molecule has 2 heterocycles. The zero-order valence-electron chi connectivity index (χ0n) is 12.7. The molecule has 1 amide bonds. The summed E-state index contributed by atoms with van der Waals surface area (Å²) in [6, 6.07) is 18.0. The molecule has 0 saturated carbocycles. The molecule has 4 rings (SSSR count). The highest BCUT2D eigenvalue weighted by Gasteiger charge is 2.22. The van der Waals surface area contributed by atoms with E-state index in [1.54, 1.807) is 6.20 Å². The highest BCUT2D eigenvalue weighted by atomic mass is 16.2. The summed E-state index contributed by atoms with van der Waals surface area (Å²) in [6.45, 7) is 2.10. The number of carbonyl (C=O) groups is 1. The van der Waals surface area contributed by atoms with Crippen LogP contribution in [0, 0.1) is 0 Å². The Hall–Kier alpha value is -2.88. The SMILES string of the molecule is O=C(c1cccc(-c2ccccc2)c1)N1CCn2ccnc2C1. The van der Waals surface area contributed by atoms with Gasteiger partial charge in [0.25, 0.3) is 5.91 Å². The number of imidazole rings is 1. The van der Waals surface area contributed by atoms with Crippen LogP contribution in [0.25, 0.3) is 11.1 Å². The normalized spacial score (nSPS) is 13.7. The Kier molecular flexibility index (Phi) is 3.42. The first-order valence-corrected chi connectivity index (χ1v) is 7.76. The number of fused-ring (bicyclic) bond motifs is 1. The lowest BCUT2D eigenvalue weighted by atomic mass is 10.0. The minimum absolute atomic E-state index is 0.0667. The minimum Gasteiger partial charge on any atom is -0.332 e. The van der Waals surface area contributed by atoms with Crippen molar-refractivity contribution in [1.82, 2.24) is 14.5 Å². The number of carbonyl (C=O) groups excluding carboxylic acids is 1. The number of amides is 1. The Labute approximate surface area is 135 Å². The highest BCUT2D eigenvalue weighted by molar-refractivity contribution is 5.95. The number of nitrogens with zero attached hydrogens (tertiary/aromatic N) is 3. The summed E-state index contributed by atoms with van der Waals surface area (Å²) in [5.74, 6) is 1.01. The fraction of sp³-hybridized carbons (Fsp3) is 0.158. The van der Waals surface area contributed by atoms with Gasteiger partial charge in [0.15, 0.2) is 0 Å². The van der Waals surface area contributed by atoms with Crippen LogP contribution in [-0.4, -0.2) is 26.9 Å². The van der Waals surface area contributed by atoms with Crippen molar-refractivity contribution in [2.45, 2.75) is 13.1 Å². The molecule has 4 nitrogen and oxygen atoms in total. The van der Waals surface area contributed by atoms with Gasteiger partial charge in [0.1, 0.15) is 5.82 Å². The van der Waals surface area contributed by atoms with Gasteiger partial charge < -0.3 is 9.47 Å². The number of benzene rings is 2. The van der Waals surface area contributed by atoms with Gasteiger partial charge in [0, 0.05) is 31.0 Å². The van der Waals surface area contributed by atoms with Gasteiger partial charge in [-0.3, -0.25) is 4.79 Å². The van der Waals surface area contributed by atoms with Crippen LogP contribution in [0.15, 0.2) is 67.0 Å². The molecular weight excluding hydrogens is 286 g/mol. The van der Waals surface area contributed by atoms with Crippen LogP contribution < -0.4 is 0 Å². The molecule has 0 fully saturated rings.